The van der Waals surface area contributed by atoms with Crippen molar-refractivity contribution in [3.05, 3.63) is 4.60 Å². The fourth-order valence-corrected chi connectivity index (χ4v) is 4.81. The molecule has 0 N–H and O–H groups in total. The third-order valence-electron chi connectivity index (χ3n) is 3.68. The van der Waals surface area contributed by atoms with Gasteiger partial charge >= 0.3 is 0 Å². The average Bonchev–Trinajstić information content (AvgIpc) is 2.77. The van der Waals surface area contributed by atoms with Crippen molar-refractivity contribution in [3.8, 4) is 0 Å². The standard InChI is InChI=1S/C12H22BrN5O2S/c1-10(2)4-5-17-6-8-18(9-7-17)21(19,20)12-11(13)14-15-16(12)3/h10H,4-9H2,1-3H3. The predicted molar refractivity (Wildman–Crippen MR) is 83.4 cm³/mol. The fraction of sp³-hybridized carbons (Fsp3) is 0.833. The van der Waals surface area contributed by atoms with Crippen molar-refractivity contribution in [2.45, 2.75) is 25.3 Å². The maximum absolute atomic E-state index is 12.6. The average molecular weight is 380 g/mol. The smallest absolute Gasteiger partial charge is 0.263 e. The summed E-state index contributed by atoms with van der Waals surface area (Å²) in [4.78, 5) is 2.32. The minimum atomic E-state index is -3.54. The molecule has 2 heterocycles. The molecule has 1 saturated heterocycles. The molecular weight excluding hydrogens is 358 g/mol. The van der Waals surface area contributed by atoms with Gasteiger partial charge in [-0.2, -0.15) is 4.31 Å². The van der Waals surface area contributed by atoms with Gasteiger partial charge in [-0.15, -0.1) is 5.10 Å². The van der Waals surface area contributed by atoms with Crippen molar-refractivity contribution in [1.82, 2.24) is 24.2 Å². The Labute approximate surface area is 134 Å². The lowest BCUT2D eigenvalue weighted by molar-refractivity contribution is 0.180. The van der Waals surface area contributed by atoms with Gasteiger partial charge in [0, 0.05) is 33.2 Å². The first-order valence-electron chi connectivity index (χ1n) is 7.10. The van der Waals surface area contributed by atoms with Crippen molar-refractivity contribution < 1.29 is 8.42 Å². The molecule has 0 unspecified atom stereocenters. The second-order valence-corrected chi connectivity index (χ2v) is 8.34. The van der Waals surface area contributed by atoms with E-state index in [9.17, 15) is 8.42 Å². The van der Waals surface area contributed by atoms with Crippen LogP contribution in [0.5, 0.6) is 0 Å². The molecule has 2 rings (SSSR count). The number of sulfonamides is 1. The van der Waals surface area contributed by atoms with Crippen molar-refractivity contribution in [2.75, 3.05) is 32.7 Å². The summed E-state index contributed by atoms with van der Waals surface area (Å²) in [6, 6.07) is 0. The van der Waals surface area contributed by atoms with Gasteiger partial charge in [0.05, 0.1) is 0 Å². The van der Waals surface area contributed by atoms with Crippen LogP contribution >= 0.6 is 15.9 Å². The maximum Gasteiger partial charge on any atom is 0.263 e. The molecule has 0 amide bonds. The fourth-order valence-electron chi connectivity index (χ4n) is 2.35. The van der Waals surface area contributed by atoms with E-state index in [1.807, 2.05) is 0 Å². The molecule has 1 aromatic heterocycles. The zero-order chi connectivity index (χ0) is 15.6. The van der Waals surface area contributed by atoms with Gasteiger partial charge in [0.1, 0.15) is 0 Å². The van der Waals surface area contributed by atoms with Crippen LogP contribution in [0.3, 0.4) is 0 Å². The highest BCUT2D eigenvalue weighted by atomic mass is 79.9. The van der Waals surface area contributed by atoms with Crippen LogP contribution in [-0.4, -0.2) is 65.3 Å². The molecule has 0 radical (unpaired) electrons. The Balaban J connectivity index is 2.02. The molecule has 7 nitrogen and oxygen atoms in total. The van der Waals surface area contributed by atoms with Crippen LogP contribution in [0.4, 0.5) is 0 Å². The summed E-state index contributed by atoms with van der Waals surface area (Å²) in [7, 11) is -1.95. The summed E-state index contributed by atoms with van der Waals surface area (Å²) in [5.41, 5.74) is 0. The number of piperazine rings is 1. The zero-order valence-corrected chi connectivity index (χ0v) is 15.1. The van der Waals surface area contributed by atoms with Crippen LogP contribution in [0.2, 0.25) is 0 Å². The highest BCUT2D eigenvalue weighted by Crippen LogP contribution is 2.23. The first kappa shape index (κ1) is 16.9. The number of rotatable bonds is 5. The van der Waals surface area contributed by atoms with Crippen molar-refractivity contribution in [1.29, 1.82) is 0 Å². The summed E-state index contributed by atoms with van der Waals surface area (Å²) >= 11 is 3.16. The van der Waals surface area contributed by atoms with E-state index >= 15 is 0 Å². The Hall–Kier alpha value is -0.510. The molecule has 1 fully saturated rings. The van der Waals surface area contributed by atoms with Crippen LogP contribution in [0.15, 0.2) is 9.63 Å². The van der Waals surface area contributed by atoms with Crippen molar-refractivity contribution >= 4 is 26.0 Å². The van der Waals surface area contributed by atoms with E-state index in [2.05, 4.69) is 45.0 Å². The molecule has 21 heavy (non-hydrogen) atoms. The monoisotopic (exact) mass is 379 g/mol. The minimum absolute atomic E-state index is 0.123. The van der Waals surface area contributed by atoms with Crippen molar-refractivity contribution in [2.24, 2.45) is 13.0 Å². The zero-order valence-electron chi connectivity index (χ0n) is 12.7. The van der Waals surface area contributed by atoms with Crippen molar-refractivity contribution in [3.63, 3.8) is 0 Å². The SMILES string of the molecule is CC(C)CCN1CCN(S(=O)(=O)c2c(Br)nnn2C)CC1. The van der Waals surface area contributed by atoms with Crippen LogP contribution in [0, 0.1) is 5.92 Å². The molecule has 120 valence electrons. The molecule has 0 bridgehead atoms. The van der Waals surface area contributed by atoms with Gasteiger partial charge in [-0.1, -0.05) is 19.1 Å². The van der Waals surface area contributed by atoms with Gasteiger partial charge in [-0.3, -0.25) is 0 Å². The highest BCUT2D eigenvalue weighted by Gasteiger charge is 2.33. The normalized spacial score (nSPS) is 18.5. The number of halogens is 1. The lowest BCUT2D eigenvalue weighted by atomic mass is 10.1. The molecule has 0 spiro atoms. The minimum Gasteiger partial charge on any atom is -0.301 e. The summed E-state index contributed by atoms with van der Waals surface area (Å²) in [5.74, 6) is 0.670. The van der Waals surface area contributed by atoms with E-state index < -0.39 is 10.0 Å². The molecule has 0 saturated carbocycles. The Morgan fingerprint density at radius 3 is 2.33 bits per heavy atom. The second kappa shape index (κ2) is 6.72. The number of hydrogen-bond acceptors (Lipinski definition) is 5. The molecule has 0 aliphatic carbocycles. The summed E-state index contributed by atoms with van der Waals surface area (Å²) in [6.45, 7) is 8.00. The summed E-state index contributed by atoms with van der Waals surface area (Å²) in [6.07, 6.45) is 1.14. The number of aryl methyl sites for hydroxylation is 1. The maximum atomic E-state index is 12.6. The molecule has 1 aliphatic rings. The summed E-state index contributed by atoms with van der Waals surface area (Å²) < 4.78 is 28.4. The van der Waals surface area contributed by atoms with Gasteiger partial charge < -0.3 is 4.90 Å². The number of hydrogen-bond donors (Lipinski definition) is 0. The van der Waals surface area contributed by atoms with Gasteiger partial charge in [-0.05, 0) is 34.8 Å². The van der Waals surface area contributed by atoms with E-state index in [4.69, 9.17) is 0 Å². The summed E-state index contributed by atoms with van der Waals surface area (Å²) in [5, 5.41) is 7.62. The third kappa shape index (κ3) is 3.82. The van der Waals surface area contributed by atoms with E-state index in [-0.39, 0.29) is 9.63 Å². The van der Waals surface area contributed by atoms with E-state index in [0.29, 0.717) is 19.0 Å². The van der Waals surface area contributed by atoms with Gasteiger partial charge in [0.2, 0.25) is 5.03 Å². The van der Waals surface area contributed by atoms with E-state index in [1.165, 1.54) is 8.99 Å². The lowest BCUT2D eigenvalue weighted by Crippen LogP contribution is -2.49. The molecule has 1 aliphatic heterocycles. The molecular formula is C12H22BrN5O2S. The number of nitrogens with zero attached hydrogens (tertiary/aromatic N) is 5. The Bertz CT molecular complexity index is 559. The van der Waals surface area contributed by atoms with Gasteiger partial charge in [-0.25, -0.2) is 13.1 Å². The number of aromatic nitrogens is 3. The first-order chi connectivity index (χ1) is 9.82. The Kier molecular flexibility index (Phi) is 5.39. The molecule has 1 aromatic rings. The topological polar surface area (TPSA) is 71.3 Å². The van der Waals surface area contributed by atoms with Crippen LogP contribution in [0.25, 0.3) is 0 Å². The van der Waals surface area contributed by atoms with Gasteiger partial charge in [0.15, 0.2) is 4.60 Å². The quantitative estimate of drug-likeness (QED) is 0.760. The molecule has 0 aromatic carbocycles. The lowest BCUT2D eigenvalue weighted by Gasteiger charge is -2.34. The second-order valence-electron chi connectivity index (χ2n) is 5.74. The van der Waals surface area contributed by atoms with E-state index in [0.717, 1.165) is 26.1 Å². The van der Waals surface area contributed by atoms with Gasteiger partial charge in [0.25, 0.3) is 10.0 Å². The van der Waals surface area contributed by atoms with Crippen LogP contribution in [0.1, 0.15) is 20.3 Å². The van der Waals surface area contributed by atoms with Crippen LogP contribution in [-0.2, 0) is 17.1 Å². The molecule has 9 heteroatoms. The predicted octanol–water partition coefficient (Wildman–Crippen LogP) is 0.930. The molecule has 0 atom stereocenters. The third-order valence-corrected chi connectivity index (χ3v) is 6.46. The Morgan fingerprint density at radius 2 is 1.86 bits per heavy atom. The largest absolute Gasteiger partial charge is 0.301 e. The first-order valence-corrected chi connectivity index (χ1v) is 9.33. The Morgan fingerprint density at radius 1 is 1.24 bits per heavy atom. The highest BCUT2D eigenvalue weighted by molar-refractivity contribution is 9.10. The van der Waals surface area contributed by atoms with E-state index in [1.54, 1.807) is 7.05 Å². The van der Waals surface area contributed by atoms with Crippen LogP contribution < -0.4 is 0 Å².